The van der Waals surface area contributed by atoms with E-state index >= 15 is 0 Å². The molecule has 11 heavy (non-hydrogen) atoms. The predicted molar refractivity (Wildman–Crippen MR) is 48.7 cm³/mol. The van der Waals surface area contributed by atoms with Gasteiger partial charge in [0, 0.05) is 0 Å². The molecule has 0 N–H and O–H groups in total. The van der Waals surface area contributed by atoms with Crippen LogP contribution < -0.4 is 0 Å². The highest BCUT2D eigenvalue weighted by Gasteiger charge is 1.96. The quantitative estimate of drug-likeness (QED) is 0.616. The van der Waals surface area contributed by atoms with Crippen LogP contribution in [0.4, 0.5) is 0 Å². The summed E-state index contributed by atoms with van der Waals surface area (Å²) in [4.78, 5) is 0. The molecule has 59 valence electrons. The van der Waals surface area contributed by atoms with Crippen molar-refractivity contribution in [3.8, 4) is 0 Å². The maximum atomic E-state index is 3.12. The lowest BCUT2D eigenvalue weighted by Gasteiger charge is -2.04. The molecular formula is C11H15. The van der Waals surface area contributed by atoms with Crippen molar-refractivity contribution in [2.45, 2.75) is 33.1 Å². The fraction of sp³-hybridized carbons (Fsp3) is 0.455. The van der Waals surface area contributed by atoms with Gasteiger partial charge in [-0.3, -0.25) is 0 Å². The van der Waals surface area contributed by atoms with E-state index in [0.717, 1.165) is 6.42 Å². The zero-order valence-corrected chi connectivity index (χ0v) is 7.35. The molecule has 1 aromatic carbocycles. The first kappa shape index (κ1) is 8.32. The largest absolute Gasteiger partial charge is 0.0651 e. The average Bonchev–Trinajstić information content (AvgIpc) is 2.06. The summed E-state index contributed by atoms with van der Waals surface area (Å²) in [7, 11) is 0. The summed E-state index contributed by atoms with van der Waals surface area (Å²) in [6.45, 7) is 4.42. The Morgan fingerprint density at radius 1 is 1.27 bits per heavy atom. The van der Waals surface area contributed by atoms with E-state index in [0.29, 0.717) is 0 Å². The number of hydrogen-bond donors (Lipinski definition) is 0. The van der Waals surface area contributed by atoms with Crippen molar-refractivity contribution in [3.05, 3.63) is 35.4 Å². The number of aryl methyl sites for hydroxylation is 2. The van der Waals surface area contributed by atoms with Gasteiger partial charge >= 0.3 is 0 Å². The number of benzene rings is 1. The first-order valence-corrected chi connectivity index (χ1v) is 4.36. The second-order valence-corrected chi connectivity index (χ2v) is 2.80. The smallest absolute Gasteiger partial charge is 0.0181 e. The Kier molecular flexibility index (Phi) is 3.15. The Morgan fingerprint density at radius 2 is 2.09 bits per heavy atom. The summed E-state index contributed by atoms with van der Waals surface area (Å²) in [6.07, 6.45) is 3.56. The molecule has 0 spiro atoms. The van der Waals surface area contributed by atoms with Crippen LogP contribution in [0.3, 0.4) is 0 Å². The van der Waals surface area contributed by atoms with Gasteiger partial charge in [-0.25, -0.2) is 0 Å². The SMILES string of the molecule is CCCc1c[c]ccc1CC. The van der Waals surface area contributed by atoms with Crippen LogP contribution >= 0.6 is 0 Å². The monoisotopic (exact) mass is 147 g/mol. The van der Waals surface area contributed by atoms with Gasteiger partial charge in [0.15, 0.2) is 0 Å². The molecule has 0 aliphatic carbocycles. The molecule has 0 amide bonds. The van der Waals surface area contributed by atoms with Crippen LogP contribution in [0, 0.1) is 6.07 Å². The van der Waals surface area contributed by atoms with Crippen LogP contribution in [-0.4, -0.2) is 0 Å². The lowest BCUT2D eigenvalue weighted by molar-refractivity contribution is 0.899. The standard InChI is InChI=1S/C11H15/c1-3-7-11-9-6-5-8-10(11)4-2/h5,8-9H,3-4,7H2,1-2H3. The van der Waals surface area contributed by atoms with Crippen LogP contribution in [0.2, 0.25) is 0 Å². The molecule has 1 aromatic rings. The third-order valence-corrected chi connectivity index (χ3v) is 1.95. The average molecular weight is 147 g/mol. The molecule has 0 atom stereocenters. The molecule has 0 fully saturated rings. The predicted octanol–water partition coefficient (Wildman–Crippen LogP) is 3.00. The van der Waals surface area contributed by atoms with Crippen molar-refractivity contribution in [3.63, 3.8) is 0 Å². The zero-order chi connectivity index (χ0) is 8.10. The molecule has 0 aromatic heterocycles. The molecule has 0 aliphatic heterocycles. The normalized spacial score (nSPS) is 10.0. The third kappa shape index (κ3) is 2.07. The molecule has 0 nitrogen and oxygen atoms in total. The minimum atomic E-state index is 1.14. The molecule has 0 saturated heterocycles. The summed E-state index contributed by atoms with van der Waals surface area (Å²) in [6, 6.07) is 9.40. The topological polar surface area (TPSA) is 0 Å². The lowest BCUT2D eigenvalue weighted by atomic mass is 10.0. The summed E-state index contributed by atoms with van der Waals surface area (Å²) in [5.74, 6) is 0. The van der Waals surface area contributed by atoms with Gasteiger partial charge in [-0.1, -0.05) is 38.5 Å². The maximum Gasteiger partial charge on any atom is -0.0181 e. The van der Waals surface area contributed by atoms with E-state index in [-0.39, 0.29) is 0 Å². The minimum Gasteiger partial charge on any atom is -0.0651 e. The molecule has 0 heterocycles. The minimum absolute atomic E-state index is 1.14. The Balaban J connectivity index is 2.83. The Hall–Kier alpha value is -0.780. The lowest BCUT2D eigenvalue weighted by Crippen LogP contribution is -1.90. The van der Waals surface area contributed by atoms with Crippen LogP contribution in [0.1, 0.15) is 31.4 Å². The van der Waals surface area contributed by atoms with Gasteiger partial charge in [0.2, 0.25) is 0 Å². The van der Waals surface area contributed by atoms with Crippen molar-refractivity contribution < 1.29 is 0 Å². The van der Waals surface area contributed by atoms with E-state index in [2.05, 4.69) is 32.0 Å². The Morgan fingerprint density at radius 3 is 2.73 bits per heavy atom. The van der Waals surface area contributed by atoms with Crippen LogP contribution in [0.5, 0.6) is 0 Å². The van der Waals surface area contributed by atoms with Gasteiger partial charge < -0.3 is 0 Å². The summed E-state index contributed by atoms with van der Waals surface area (Å²) >= 11 is 0. The highest BCUT2D eigenvalue weighted by atomic mass is 14.0. The Labute approximate surface area is 69.3 Å². The fourth-order valence-corrected chi connectivity index (χ4v) is 1.34. The van der Waals surface area contributed by atoms with E-state index in [1.54, 1.807) is 0 Å². The number of hydrogen-bond acceptors (Lipinski definition) is 0. The molecule has 0 aliphatic rings. The molecule has 0 heteroatoms. The summed E-state index contributed by atoms with van der Waals surface area (Å²) < 4.78 is 0. The van der Waals surface area contributed by atoms with Crippen molar-refractivity contribution in [2.75, 3.05) is 0 Å². The van der Waals surface area contributed by atoms with E-state index < -0.39 is 0 Å². The second-order valence-electron chi connectivity index (χ2n) is 2.80. The zero-order valence-electron chi connectivity index (χ0n) is 7.35. The number of rotatable bonds is 3. The van der Waals surface area contributed by atoms with Gasteiger partial charge in [0.1, 0.15) is 0 Å². The van der Waals surface area contributed by atoms with Crippen LogP contribution in [-0.2, 0) is 12.8 Å². The van der Waals surface area contributed by atoms with Gasteiger partial charge in [0.05, 0.1) is 0 Å². The van der Waals surface area contributed by atoms with E-state index in [9.17, 15) is 0 Å². The van der Waals surface area contributed by atoms with Crippen molar-refractivity contribution >= 4 is 0 Å². The van der Waals surface area contributed by atoms with Crippen molar-refractivity contribution in [1.29, 1.82) is 0 Å². The van der Waals surface area contributed by atoms with Crippen molar-refractivity contribution in [1.82, 2.24) is 0 Å². The van der Waals surface area contributed by atoms with E-state index in [4.69, 9.17) is 0 Å². The molecule has 1 radical (unpaired) electrons. The third-order valence-electron chi connectivity index (χ3n) is 1.95. The van der Waals surface area contributed by atoms with Crippen LogP contribution in [0.15, 0.2) is 18.2 Å². The van der Waals surface area contributed by atoms with Crippen LogP contribution in [0.25, 0.3) is 0 Å². The van der Waals surface area contributed by atoms with Gasteiger partial charge in [-0.05, 0) is 30.0 Å². The molecule has 1 rings (SSSR count). The van der Waals surface area contributed by atoms with Gasteiger partial charge in [-0.2, -0.15) is 0 Å². The highest BCUT2D eigenvalue weighted by molar-refractivity contribution is 5.26. The Bertz CT molecular complexity index is 213. The first-order chi connectivity index (χ1) is 5.38. The molecular weight excluding hydrogens is 132 g/mol. The van der Waals surface area contributed by atoms with Gasteiger partial charge in [-0.15, -0.1) is 0 Å². The molecule has 0 unspecified atom stereocenters. The maximum absolute atomic E-state index is 3.12. The highest BCUT2D eigenvalue weighted by Crippen LogP contribution is 2.10. The fourth-order valence-electron chi connectivity index (χ4n) is 1.34. The van der Waals surface area contributed by atoms with E-state index in [1.165, 1.54) is 24.0 Å². The first-order valence-electron chi connectivity index (χ1n) is 4.36. The second kappa shape index (κ2) is 4.17. The van der Waals surface area contributed by atoms with E-state index in [1.807, 2.05) is 6.07 Å². The molecule has 0 bridgehead atoms. The van der Waals surface area contributed by atoms with Gasteiger partial charge in [0.25, 0.3) is 0 Å². The molecule has 0 saturated carbocycles. The summed E-state index contributed by atoms with van der Waals surface area (Å²) in [5, 5.41) is 0. The summed E-state index contributed by atoms with van der Waals surface area (Å²) in [5.41, 5.74) is 2.95. The van der Waals surface area contributed by atoms with Crippen molar-refractivity contribution in [2.24, 2.45) is 0 Å².